The van der Waals surface area contributed by atoms with Gasteiger partial charge in [0.05, 0.1) is 4.88 Å². The Bertz CT molecular complexity index is 1540. The van der Waals surface area contributed by atoms with Gasteiger partial charge in [-0.3, -0.25) is 4.79 Å². The third kappa shape index (κ3) is 8.16. The first kappa shape index (κ1) is 30.8. The molecule has 2 heterocycles. The maximum atomic E-state index is 13.3. The molecule has 0 atom stereocenters. The molecule has 1 amide bonds. The fourth-order valence-corrected chi connectivity index (χ4v) is 6.06. The van der Waals surface area contributed by atoms with Crippen molar-refractivity contribution in [2.75, 3.05) is 46.2 Å². The van der Waals surface area contributed by atoms with Gasteiger partial charge in [-0.25, -0.2) is 4.58 Å². The summed E-state index contributed by atoms with van der Waals surface area (Å²) in [5.74, 6) is 0.114. The van der Waals surface area contributed by atoms with Crippen LogP contribution in [0.25, 0.3) is 31.7 Å². The number of benzene rings is 2. The molecule has 0 fully saturated rings. The van der Waals surface area contributed by atoms with Crippen molar-refractivity contribution in [3.05, 3.63) is 58.1 Å². The number of anilines is 1. The van der Waals surface area contributed by atoms with Gasteiger partial charge in [-0.15, -0.1) is 22.7 Å². The summed E-state index contributed by atoms with van der Waals surface area (Å²) in [6.45, 7) is 5.50. The van der Waals surface area contributed by atoms with E-state index in [0.29, 0.717) is 13.1 Å². The summed E-state index contributed by atoms with van der Waals surface area (Å²) >= 11 is 3.35. The van der Waals surface area contributed by atoms with Crippen LogP contribution in [0.2, 0.25) is 0 Å². The fraction of sp³-hybridized carbons (Fsp3) is 0.308. The van der Waals surface area contributed by atoms with Crippen LogP contribution in [0, 0.1) is 0 Å². The molecule has 0 saturated heterocycles. The van der Waals surface area contributed by atoms with Crippen molar-refractivity contribution in [2.45, 2.75) is 13.8 Å². The van der Waals surface area contributed by atoms with Gasteiger partial charge in [0.2, 0.25) is 5.36 Å². The van der Waals surface area contributed by atoms with Crippen molar-refractivity contribution in [2.24, 2.45) is 0 Å². The number of amides is 1. The number of hydrogen-bond donors (Lipinski definition) is 0. The molecule has 0 bridgehead atoms. The molecule has 39 heavy (non-hydrogen) atoms. The molecule has 1 aromatic carbocycles. The zero-order valence-corrected chi connectivity index (χ0v) is 24.8. The fourth-order valence-electron chi connectivity index (χ4n) is 4.04. The summed E-state index contributed by atoms with van der Waals surface area (Å²) in [5, 5.41) is 4.41. The van der Waals surface area contributed by atoms with Gasteiger partial charge in [0.15, 0.2) is 0 Å². The Hall–Kier alpha value is -2.69. The predicted molar refractivity (Wildman–Crippen MR) is 154 cm³/mol. The zero-order chi connectivity index (χ0) is 29.4. The van der Waals surface area contributed by atoms with Crippen LogP contribution in [0.4, 0.5) is 30.9 Å². The van der Waals surface area contributed by atoms with E-state index in [9.17, 15) is 30.0 Å². The second-order valence-corrected chi connectivity index (χ2v) is 13.1. The molecule has 0 radical (unpaired) electrons. The summed E-state index contributed by atoms with van der Waals surface area (Å²) in [4.78, 5) is 19.4. The Morgan fingerprint density at radius 3 is 2.05 bits per heavy atom. The number of carbonyl (C=O) groups excluding carboxylic acids is 1. The van der Waals surface area contributed by atoms with E-state index in [0.717, 1.165) is 16.0 Å². The van der Waals surface area contributed by atoms with E-state index in [1.165, 1.54) is 31.6 Å². The van der Waals surface area contributed by atoms with Crippen LogP contribution in [0.3, 0.4) is 0 Å². The molecule has 4 rings (SSSR count). The maximum absolute atomic E-state index is 13.3. The van der Waals surface area contributed by atoms with Crippen LogP contribution in [-0.4, -0.2) is 52.1 Å². The van der Waals surface area contributed by atoms with Crippen LogP contribution in [0.5, 0.6) is 0 Å². The van der Waals surface area contributed by atoms with Crippen molar-refractivity contribution in [1.82, 2.24) is 9.48 Å². The molecule has 4 nitrogen and oxygen atoms in total. The number of rotatable bonds is 5. The average Bonchev–Trinajstić information content (AvgIpc) is 3.29. The Morgan fingerprint density at radius 2 is 1.51 bits per heavy atom. The molecule has 2 aliphatic rings. The monoisotopic (exact) mass is 609 g/mol. The Balaban J connectivity index is 0.000000532. The summed E-state index contributed by atoms with van der Waals surface area (Å²) in [5.41, 5.74) is 4.55. The first-order valence-corrected chi connectivity index (χ1v) is 15.6. The third-order valence-electron chi connectivity index (χ3n) is 5.90. The number of carbonyl (C=O) groups is 1. The second-order valence-electron chi connectivity index (χ2n) is 9.23. The Labute approximate surface area is 231 Å². The third-order valence-corrected chi connectivity index (χ3v) is 7.92. The van der Waals surface area contributed by atoms with Crippen LogP contribution in [0.15, 0.2) is 47.8 Å². The molecular formula is C26H30F6N3OPS2. The molecule has 0 spiro atoms. The van der Waals surface area contributed by atoms with Gasteiger partial charge in [0.25, 0.3) is 5.91 Å². The number of fused-ring (bicyclic) bond motifs is 2. The Morgan fingerprint density at radius 1 is 0.897 bits per heavy atom. The van der Waals surface area contributed by atoms with Gasteiger partial charge in [0, 0.05) is 76.7 Å². The number of nitrogens with zero attached hydrogens (tertiary/aromatic N) is 3. The van der Waals surface area contributed by atoms with E-state index in [4.69, 9.17) is 0 Å². The summed E-state index contributed by atoms with van der Waals surface area (Å²) in [7, 11) is -2.39. The van der Waals surface area contributed by atoms with E-state index in [1.807, 2.05) is 35.5 Å². The molecule has 1 aliphatic heterocycles. The van der Waals surface area contributed by atoms with E-state index in [2.05, 4.69) is 80.1 Å². The molecule has 2 aromatic rings. The van der Waals surface area contributed by atoms with E-state index >= 15 is 0 Å². The van der Waals surface area contributed by atoms with Gasteiger partial charge in [0.1, 0.15) is 14.1 Å². The summed E-state index contributed by atoms with van der Waals surface area (Å²) < 4.78 is 62.5. The van der Waals surface area contributed by atoms with Crippen LogP contribution in [-0.2, 0) is 0 Å². The molecule has 214 valence electrons. The number of thiophene rings is 1. The number of hydrogen-bond acceptors (Lipinski definition) is 4. The SMILES string of the molecule is CCN(CC)C(=O)c1sccc1-c1c2ccc(=[N+](C)C)cc-2sc2cc(N(C)C)ccc12.F[P-](F)(F)(F)(F)F. The predicted octanol–water partition coefficient (Wildman–Crippen LogP) is 8.70. The number of halogens is 6. The standard InChI is InChI=1S/C26H30N3OS2.F6P/c1-7-29(8-2)26(30)25-21(13-14-31-25)24-19-11-9-17(27(3)4)15-22(19)32-23-16-18(28(5)6)10-12-20(23)24;1-7(2,3,4,5)6/h9-16H,7-8H2,1-6H3;/q+1;-1. The van der Waals surface area contributed by atoms with E-state index in [1.54, 1.807) is 11.3 Å². The van der Waals surface area contributed by atoms with Crippen molar-refractivity contribution < 1.29 is 30.0 Å². The van der Waals surface area contributed by atoms with E-state index < -0.39 is 7.81 Å². The Kier molecular flexibility index (Phi) is 8.20. The van der Waals surface area contributed by atoms with Gasteiger partial charge in [-0.05, 0) is 43.5 Å². The van der Waals surface area contributed by atoms with Gasteiger partial charge in [-0.2, -0.15) is 0 Å². The van der Waals surface area contributed by atoms with Gasteiger partial charge >= 0.3 is 33.0 Å². The quantitative estimate of drug-likeness (QED) is 0.0980. The molecule has 1 aliphatic carbocycles. The van der Waals surface area contributed by atoms with Gasteiger partial charge < -0.3 is 9.80 Å². The van der Waals surface area contributed by atoms with Crippen LogP contribution in [0.1, 0.15) is 23.5 Å². The van der Waals surface area contributed by atoms with Crippen molar-refractivity contribution >= 4 is 52.2 Å². The second kappa shape index (κ2) is 10.4. The zero-order valence-electron chi connectivity index (χ0n) is 22.3. The normalized spacial score (nSPS) is 13.3. The summed E-state index contributed by atoms with van der Waals surface area (Å²) in [6, 6.07) is 15.4. The average molecular weight is 610 g/mol. The first-order valence-electron chi connectivity index (χ1n) is 11.9. The van der Waals surface area contributed by atoms with Crippen LogP contribution >= 0.6 is 30.5 Å². The van der Waals surface area contributed by atoms with Crippen LogP contribution < -0.4 is 14.8 Å². The molecule has 1 aromatic heterocycles. The summed E-state index contributed by atoms with van der Waals surface area (Å²) in [6.07, 6.45) is 0. The van der Waals surface area contributed by atoms with Crippen molar-refractivity contribution in [3.8, 4) is 21.6 Å². The molecule has 0 unspecified atom stereocenters. The van der Waals surface area contributed by atoms with Gasteiger partial charge in [-0.1, -0.05) is 6.07 Å². The molecular weight excluding hydrogens is 579 g/mol. The molecule has 0 N–H and O–H groups in total. The van der Waals surface area contributed by atoms with Crippen molar-refractivity contribution in [1.29, 1.82) is 0 Å². The molecule has 13 heteroatoms. The molecule has 0 saturated carbocycles. The topological polar surface area (TPSA) is 26.6 Å². The van der Waals surface area contributed by atoms with E-state index in [-0.39, 0.29) is 5.91 Å². The first-order chi connectivity index (χ1) is 17.8. The minimum absolute atomic E-state index is 0.114. The minimum atomic E-state index is -10.7. The van der Waals surface area contributed by atoms with Crippen molar-refractivity contribution in [3.63, 3.8) is 0 Å².